The first-order valence-electron chi connectivity index (χ1n) is 7.54. The number of rotatable bonds is 4. The summed E-state index contributed by atoms with van der Waals surface area (Å²) in [5.74, 6) is 1.04. The fourth-order valence-electron chi connectivity index (χ4n) is 3.10. The van der Waals surface area contributed by atoms with Gasteiger partial charge in [-0.05, 0) is 18.1 Å². The van der Waals surface area contributed by atoms with Crippen LogP contribution in [0.4, 0.5) is 0 Å². The molecular weight excluding hydrogens is 252 g/mol. The zero-order valence-corrected chi connectivity index (χ0v) is 12.3. The molecule has 4 heteroatoms. The van der Waals surface area contributed by atoms with Gasteiger partial charge in [-0.15, -0.1) is 0 Å². The van der Waals surface area contributed by atoms with Crippen molar-refractivity contribution in [2.45, 2.75) is 13.0 Å². The van der Waals surface area contributed by atoms with E-state index in [-0.39, 0.29) is 0 Å². The van der Waals surface area contributed by atoms with Crippen LogP contribution in [0.1, 0.15) is 11.1 Å². The van der Waals surface area contributed by atoms with Crippen LogP contribution in [0.25, 0.3) is 0 Å². The maximum atomic E-state index is 5.50. The second-order valence-electron chi connectivity index (χ2n) is 5.58. The average molecular weight is 276 g/mol. The highest BCUT2D eigenvalue weighted by Gasteiger charge is 2.20. The van der Waals surface area contributed by atoms with E-state index in [4.69, 9.17) is 9.47 Å². The normalized spacial score (nSPS) is 20.6. The first-order valence-corrected chi connectivity index (χ1v) is 7.54. The summed E-state index contributed by atoms with van der Waals surface area (Å²) >= 11 is 0. The summed E-state index contributed by atoms with van der Waals surface area (Å²) in [7, 11) is 1.77. The molecule has 0 N–H and O–H groups in total. The molecule has 0 spiro atoms. The van der Waals surface area contributed by atoms with Gasteiger partial charge in [-0.2, -0.15) is 0 Å². The van der Waals surface area contributed by atoms with E-state index in [0.29, 0.717) is 0 Å². The van der Waals surface area contributed by atoms with Gasteiger partial charge in [0.1, 0.15) is 5.75 Å². The number of hydrogen-bond donors (Lipinski definition) is 0. The predicted molar refractivity (Wildman–Crippen MR) is 79.2 cm³/mol. The summed E-state index contributed by atoms with van der Waals surface area (Å²) in [5, 5.41) is 0. The zero-order valence-electron chi connectivity index (χ0n) is 12.3. The van der Waals surface area contributed by atoms with Gasteiger partial charge in [-0.1, -0.05) is 12.1 Å². The number of hydrogen-bond acceptors (Lipinski definition) is 4. The first kappa shape index (κ1) is 13.9. The van der Waals surface area contributed by atoms with Gasteiger partial charge in [0.05, 0.1) is 20.3 Å². The molecule has 0 aromatic heterocycles. The average Bonchev–Trinajstić information content (AvgIpc) is 2.53. The Morgan fingerprint density at radius 2 is 1.90 bits per heavy atom. The molecule has 1 saturated heterocycles. The van der Waals surface area contributed by atoms with Crippen LogP contribution in [0.5, 0.6) is 5.75 Å². The highest BCUT2D eigenvalue weighted by molar-refractivity contribution is 5.41. The van der Waals surface area contributed by atoms with Crippen LogP contribution in [0.3, 0.4) is 0 Å². The number of fused-ring (bicyclic) bond motifs is 1. The van der Waals surface area contributed by atoms with E-state index in [2.05, 4.69) is 28.0 Å². The van der Waals surface area contributed by atoms with E-state index in [1.807, 2.05) is 0 Å². The third-order valence-electron chi connectivity index (χ3n) is 4.37. The third-order valence-corrected chi connectivity index (χ3v) is 4.37. The van der Waals surface area contributed by atoms with E-state index < -0.39 is 0 Å². The molecule has 0 unspecified atom stereocenters. The van der Waals surface area contributed by atoms with Crippen LogP contribution in [0, 0.1) is 0 Å². The molecule has 2 aliphatic heterocycles. The second kappa shape index (κ2) is 6.57. The Hall–Kier alpha value is -1.10. The van der Waals surface area contributed by atoms with Gasteiger partial charge in [-0.25, -0.2) is 0 Å². The van der Waals surface area contributed by atoms with Crippen LogP contribution in [-0.2, 0) is 17.7 Å². The van der Waals surface area contributed by atoms with Crippen molar-refractivity contribution < 1.29 is 9.47 Å². The lowest BCUT2D eigenvalue weighted by molar-refractivity contribution is 0.0326. The summed E-state index contributed by atoms with van der Waals surface area (Å²) in [4.78, 5) is 5.04. The Labute approximate surface area is 121 Å². The van der Waals surface area contributed by atoms with E-state index in [9.17, 15) is 0 Å². The Balaban J connectivity index is 1.57. The van der Waals surface area contributed by atoms with Gasteiger partial charge in [0.15, 0.2) is 0 Å². The molecule has 2 aliphatic rings. The SMILES string of the molecule is COc1cccc2c1CN(CCN1CCOCC1)CC2. The fraction of sp³-hybridized carbons (Fsp3) is 0.625. The minimum absolute atomic E-state index is 0.886. The van der Waals surface area contributed by atoms with E-state index >= 15 is 0 Å². The van der Waals surface area contributed by atoms with Gasteiger partial charge in [0.2, 0.25) is 0 Å². The van der Waals surface area contributed by atoms with E-state index in [1.54, 1.807) is 7.11 Å². The predicted octanol–water partition coefficient (Wildman–Crippen LogP) is 1.39. The summed E-state index contributed by atoms with van der Waals surface area (Å²) < 4.78 is 10.9. The third kappa shape index (κ3) is 3.14. The van der Waals surface area contributed by atoms with Crippen molar-refractivity contribution in [2.75, 3.05) is 53.0 Å². The Morgan fingerprint density at radius 1 is 1.10 bits per heavy atom. The van der Waals surface area contributed by atoms with Crippen molar-refractivity contribution in [3.63, 3.8) is 0 Å². The lowest BCUT2D eigenvalue weighted by Crippen LogP contribution is -2.42. The molecule has 0 radical (unpaired) electrons. The number of methoxy groups -OCH3 is 1. The molecule has 0 saturated carbocycles. The molecule has 0 bridgehead atoms. The monoisotopic (exact) mass is 276 g/mol. The minimum atomic E-state index is 0.886. The van der Waals surface area contributed by atoms with Crippen molar-refractivity contribution in [3.8, 4) is 5.75 Å². The van der Waals surface area contributed by atoms with Gasteiger partial charge in [0, 0.05) is 44.8 Å². The molecular formula is C16H24N2O2. The molecule has 0 aliphatic carbocycles. The van der Waals surface area contributed by atoms with Crippen LogP contribution < -0.4 is 4.74 Å². The Bertz CT molecular complexity index is 430. The van der Waals surface area contributed by atoms with E-state index in [1.165, 1.54) is 11.1 Å². The van der Waals surface area contributed by atoms with Crippen LogP contribution >= 0.6 is 0 Å². The van der Waals surface area contributed by atoms with Gasteiger partial charge >= 0.3 is 0 Å². The maximum absolute atomic E-state index is 5.50. The smallest absolute Gasteiger partial charge is 0.123 e. The molecule has 0 amide bonds. The molecule has 2 heterocycles. The topological polar surface area (TPSA) is 24.9 Å². The molecule has 110 valence electrons. The molecule has 4 nitrogen and oxygen atoms in total. The molecule has 0 atom stereocenters. The lowest BCUT2D eigenvalue weighted by atomic mass is 9.99. The Kier molecular flexibility index (Phi) is 4.55. The zero-order chi connectivity index (χ0) is 13.8. The summed E-state index contributed by atoms with van der Waals surface area (Å²) in [5.41, 5.74) is 2.83. The largest absolute Gasteiger partial charge is 0.496 e. The summed E-state index contributed by atoms with van der Waals surface area (Å²) in [6, 6.07) is 6.41. The van der Waals surface area contributed by atoms with Crippen molar-refractivity contribution in [1.29, 1.82) is 0 Å². The highest BCUT2D eigenvalue weighted by atomic mass is 16.5. The first-order chi connectivity index (χ1) is 9.86. The molecule has 1 aromatic rings. The van der Waals surface area contributed by atoms with Crippen molar-refractivity contribution in [2.24, 2.45) is 0 Å². The van der Waals surface area contributed by atoms with Gasteiger partial charge in [0.25, 0.3) is 0 Å². The van der Waals surface area contributed by atoms with Crippen molar-refractivity contribution in [3.05, 3.63) is 29.3 Å². The maximum Gasteiger partial charge on any atom is 0.123 e. The minimum Gasteiger partial charge on any atom is -0.496 e. The number of ether oxygens (including phenoxy) is 2. The molecule has 1 aromatic carbocycles. The summed E-state index contributed by atoms with van der Waals surface area (Å²) in [6.07, 6.45) is 1.13. The van der Waals surface area contributed by atoms with Crippen LogP contribution in [0.2, 0.25) is 0 Å². The molecule has 3 rings (SSSR count). The standard InChI is InChI=1S/C16H24N2O2/c1-19-16-4-2-3-14-5-6-18(13-15(14)16)8-7-17-9-11-20-12-10-17/h2-4H,5-13H2,1H3. The highest BCUT2D eigenvalue weighted by Crippen LogP contribution is 2.27. The number of morpholine rings is 1. The summed E-state index contributed by atoms with van der Waals surface area (Å²) in [6.45, 7) is 8.38. The van der Waals surface area contributed by atoms with Crippen LogP contribution in [-0.4, -0.2) is 62.8 Å². The molecule has 1 fully saturated rings. The second-order valence-corrected chi connectivity index (χ2v) is 5.58. The van der Waals surface area contributed by atoms with Gasteiger partial charge < -0.3 is 9.47 Å². The van der Waals surface area contributed by atoms with E-state index in [0.717, 1.165) is 64.7 Å². The number of nitrogens with zero attached hydrogens (tertiary/aromatic N) is 2. The van der Waals surface area contributed by atoms with Gasteiger partial charge in [-0.3, -0.25) is 9.80 Å². The van der Waals surface area contributed by atoms with Crippen molar-refractivity contribution in [1.82, 2.24) is 9.80 Å². The number of benzene rings is 1. The lowest BCUT2D eigenvalue weighted by Gasteiger charge is -2.33. The van der Waals surface area contributed by atoms with Crippen molar-refractivity contribution >= 4 is 0 Å². The fourth-order valence-corrected chi connectivity index (χ4v) is 3.10. The molecule has 20 heavy (non-hydrogen) atoms. The Morgan fingerprint density at radius 3 is 2.70 bits per heavy atom. The quantitative estimate of drug-likeness (QED) is 0.829. The van der Waals surface area contributed by atoms with Crippen LogP contribution in [0.15, 0.2) is 18.2 Å².